The van der Waals surface area contributed by atoms with Crippen LogP contribution in [0.4, 0.5) is 5.69 Å². The molecule has 1 aromatic heterocycles. The molecule has 3 rings (SSSR count). The molecule has 0 aliphatic heterocycles. The van der Waals surface area contributed by atoms with Gasteiger partial charge in [-0.1, -0.05) is 11.3 Å². The Kier molecular flexibility index (Phi) is 5.66. The van der Waals surface area contributed by atoms with Gasteiger partial charge >= 0.3 is 5.97 Å². The maximum absolute atomic E-state index is 12.7. The molecule has 0 fully saturated rings. The van der Waals surface area contributed by atoms with Crippen LogP contribution < -0.4 is 9.54 Å². The first-order valence-corrected chi connectivity index (χ1v) is 10.3. The van der Waals surface area contributed by atoms with E-state index in [9.17, 15) is 23.3 Å². The fourth-order valence-electron chi connectivity index (χ4n) is 2.50. The number of nitrogens with zero attached hydrogens (tertiary/aromatic N) is 3. The molecule has 0 amide bonds. The fraction of sp³-hybridized carbons (Fsp3) is 0.176. The number of thiazole rings is 1. The van der Waals surface area contributed by atoms with E-state index in [1.54, 1.807) is 0 Å². The lowest BCUT2D eigenvalue weighted by Gasteiger charge is -2.04. The summed E-state index contributed by atoms with van der Waals surface area (Å²) in [4.78, 5) is 22.2. The number of benzene rings is 2. The first-order chi connectivity index (χ1) is 13.7. The van der Waals surface area contributed by atoms with Crippen molar-refractivity contribution >= 4 is 43.2 Å². The summed E-state index contributed by atoms with van der Waals surface area (Å²) in [6.45, 7) is -0.300. The van der Waals surface area contributed by atoms with Crippen molar-refractivity contribution in [1.29, 1.82) is 0 Å². The van der Waals surface area contributed by atoms with E-state index in [-0.39, 0.29) is 21.9 Å². The second kappa shape index (κ2) is 8.01. The SMILES string of the molecule is COC(=O)Cn1c(=NS(=O)(=O)c2ccc(OC)cc2)sc2cc([N+](=O)[O-])ccc21. The van der Waals surface area contributed by atoms with Gasteiger partial charge in [-0.25, -0.2) is 0 Å². The van der Waals surface area contributed by atoms with Crippen molar-refractivity contribution in [1.82, 2.24) is 4.57 Å². The highest BCUT2D eigenvalue weighted by atomic mass is 32.2. The van der Waals surface area contributed by atoms with E-state index >= 15 is 0 Å². The number of aromatic nitrogens is 1. The van der Waals surface area contributed by atoms with Gasteiger partial charge in [-0.15, -0.1) is 4.40 Å². The summed E-state index contributed by atoms with van der Waals surface area (Å²) in [6.07, 6.45) is 0. The van der Waals surface area contributed by atoms with Crippen molar-refractivity contribution in [2.45, 2.75) is 11.4 Å². The number of hydrogen-bond donors (Lipinski definition) is 0. The highest BCUT2D eigenvalue weighted by molar-refractivity contribution is 7.90. The molecule has 0 aliphatic rings. The second-order valence-electron chi connectivity index (χ2n) is 5.70. The minimum Gasteiger partial charge on any atom is -0.497 e. The molecule has 0 saturated carbocycles. The zero-order valence-corrected chi connectivity index (χ0v) is 16.9. The minimum absolute atomic E-state index is 0.0123. The van der Waals surface area contributed by atoms with Gasteiger partial charge in [0.25, 0.3) is 15.7 Å². The minimum atomic E-state index is -4.10. The van der Waals surface area contributed by atoms with Gasteiger partial charge in [0.2, 0.25) is 4.80 Å². The second-order valence-corrected chi connectivity index (χ2v) is 8.31. The lowest BCUT2D eigenvalue weighted by atomic mass is 10.3. The number of nitro groups is 1. The third-order valence-electron chi connectivity index (χ3n) is 3.95. The number of rotatable bonds is 6. The van der Waals surface area contributed by atoms with Crippen LogP contribution in [0.1, 0.15) is 0 Å². The number of carbonyl (C=O) groups is 1. The van der Waals surface area contributed by atoms with E-state index in [0.29, 0.717) is 16.0 Å². The first kappa shape index (κ1) is 20.5. The predicted octanol–water partition coefficient (Wildman–Crippen LogP) is 2.08. The molecule has 3 aromatic rings. The van der Waals surface area contributed by atoms with E-state index < -0.39 is 20.9 Å². The van der Waals surface area contributed by atoms with Crippen molar-refractivity contribution in [2.75, 3.05) is 14.2 Å². The zero-order valence-electron chi connectivity index (χ0n) is 15.3. The summed E-state index contributed by atoms with van der Waals surface area (Å²) in [5.41, 5.74) is 0.267. The van der Waals surface area contributed by atoms with Gasteiger partial charge in [0.15, 0.2) is 0 Å². The van der Waals surface area contributed by atoms with Crippen LogP contribution in [0.25, 0.3) is 10.2 Å². The molecule has 0 unspecified atom stereocenters. The van der Waals surface area contributed by atoms with Gasteiger partial charge in [-0.2, -0.15) is 8.42 Å². The molecule has 2 aromatic carbocycles. The number of fused-ring (bicyclic) bond motifs is 1. The van der Waals surface area contributed by atoms with Crippen LogP contribution in [-0.2, 0) is 26.1 Å². The molecular formula is C17H15N3O7S2. The van der Waals surface area contributed by atoms with Gasteiger partial charge in [-0.05, 0) is 30.3 Å². The predicted molar refractivity (Wildman–Crippen MR) is 104 cm³/mol. The van der Waals surface area contributed by atoms with Crippen LogP contribution in [0.3, 0.4) is 0 Å². The summed E-state index contributed by atoms with van der Waals surface area (Å²) in [5, 5.41) is 11.0. The molecule has 0 atom stereocenters. The molecule has 0 saturated heterocycles. The van der Waals surface area contributed by atoms with Crippen molar-refractivity contribution in [3.63, 3.8) is 0 Å². The molecule has 0 aliphatic carbocycles. The average molecular weight is 437 g/mol. The molecule has 29 heavy (non-hydrogen) atoms. The molecule has 0 radical (unpaired) electrons. The molecule has 0 bridgehead atoms. The Bertz CT molecular complexity index is 1260. The Hall–Kier alpha value is -3.25. The summed E-state index contributed by atoms with van der Waals surface area (Å²) in [6, 6.07) is 9.67. The number of esters is 1. The monoisotopic (exact) mass is 437 g/mol. The molecule has 10 nitrogen and oxygen atoms in total. The topological polar surface area (TPSA) is 130 Å². The molecule has 0 N–H and O–H groups in total. The first-order valence-electron chi connectivity index (χ1n) is 8.05. The van der Waals surface area contributed by atoms with E-state index in [2.05, 4.69) is 9.13 Å². The van der Waals surface area contributed by atoms with Gasteiger partial charge in [0.05, 0.1) is 34.3 Å². The Labute approximate surface area is 168 Å². The van der Waals surface area contributed by atoms with E-state index in [1.807, 2.05) is 0 Å². The number of hydrogen-bond acceptors (Lipinski definition) is 8. The third-order valence-corrected chi connectivity index (χ3v) is 6.39. The van der Waals surface area contributed by atoms with Crippen molar-refractivity contribution < 1.29 is 27.6 Å². The fourth-order valence-corrected chi connectivity index (χ4v) is 4.76. The van der Waals surface area contributed by atoms with E-state index in [1.165, 1.54) is 61.3 Å². The summed E-state index contributed by atoms with van der Waals surface area (Å²) in [7, 11) is -1.44. The largest absolute Gasteiger partial charge is 0.497 e. The molecule has 0 spiro atoms. The number of non-ortho nitro benzene ring substituents is 1. The van der Waals surface area contributed by atoms with Crippen molar-refractivity contribution in [3.8, 4) is 5.75 Å². The lowest BCUT2D eigenvalue weighted by Crippen LogP contribution is -2.22. The van der Waals surface area contributed by atoms with Gasteiger partial charge in [0, 0.05) is 12.1 Å². The standard InChI is InChI=1S/C17H15N3O7S2/c1-26-12-4-6-13(7-5-12)29(24,25)18-17-19(10-16(21)27-2)14-8-3-11(20(22)23)9-15(14)28-17/h3-9H,10H2,1-2H3. The number of nitro benzene ring substituents is 1. The molecule has 12 heteroatoms. The summed E-state index contributed by atoms with van der Waals surface area (Å²) >= 11 is 0.917. The molecular weight excluding hydrogens is 422 g/mol. The molecule has 1 heterocycles. The third kappa shape index (κ3) is 4.27. The van der Waals surface area contributed by atoms with Gasteiger partial charge in [0.1, 0.15) is 12.3 Å². The normalized spacial score (nSPS) is 12.1. The number of sulfonamides is 1. The van der Waals surface area contributed by atoms with Crippen LogP contribution in [0, 0.1) is 10.1 Å². The highest BCUT2D eigenvalue weighted by Crippen LogP contribution is 2.24. The zero-order chi connectivity index (χ0) is 21.2. The lowest BCUT2D eigenvalue weighted by molar-refractivity contribution is -0.384. The maximum atomic E-state index is 12.7. The van der Waals surface area contributed by atoms with Crippen LogP contribution in [-0.4, -0.2) is 38.1 Å². The van der Waals surface area contributed by atoms with Crippen LogP contribution >= 0.6 is 11.3 Å². The maximum Gasteiger partial charge on any atom is 0.325 e. The number of ether oxygens (including phenoxy) is 2. The smallest absolute Gasteiger partial charge is 0.325 e. The van der Waals surface area contributed by atoms with E-state index in [4.69, 9.17) is 4.74 Å². The Morgan fingerprint density at radius 1 is 1.21 bits per heavy atom. The van der Waals surface area contributed by atoms with Crippen LogP contribution in [0.2, 0.25) is 0 Å². The highest BCUT2D eigenvalue weighted by Gasteiger charge is 2.18. The van der Waals surface area contributed by atoms with Crippen LogP contribution in [0.15, 0.2) is 51.8 Å². The Balaban J connectivity index is 2.20. The van der Waals surface area contributed by atoms with Crippen LogP contribution in [0.5, 0.6) is 5.75 Å². The Morgan fingerprint density at radius 3 is 2.48 bits per heavy atom. The number of carbonyl (C=O) groups excluding carboxylic acids is 1. The van der Waals surface area contributed by atoms with Gasteiger partial charge in [-0.3, -0.25) is 14.9 Å². The Morgan fingerprint density at radius 2 is 1.90 bits per heavy atom. The summed E-state index contributed by atoms with van der Waals surface area (Å²) in [5.74, 6) is -0.134. The quantitative estimate of drug-likeness (QED) is 0.328. The molecule has 152 valence electrons. The average Bonchev–Trinajstić information content (AvgIpc) is 3.03. The van der Waals surface area contributed by atoms with Gasteiger partial charge < -0.3 is 14.0 Å². The van der Waals surface area contributed by atoms with Crippen molar-refractivity contribution in [3.05, 3.63) is 57.4 Å². The number of methoxy groups -OCH3 is 2. The van der Waals surface area contributed by atoms with Crippen molar-refractivity contribution in [2.24, 2.45) is 4.40 Å². The van der Waals surface area contributed by atoms with E-state index in [0.717, 1.165) is 11.3 Å². The summed E-state index contributed by atoms with van der Waals surface area (Å²) < 4.78 is 40.7.